The first-order chi connectivity index (χ1) is 22.1. The Bertz CT molecular complexity index is 1270. The second-order valence-electron chi connectivity index (χ2n) is 11.6. The number of amides is 4. The fourth-order valence-electron chi connectivity index (χ4n) is 4.11. The second kappa shape index (κ2) is 18.4. The van der Waals surface area contributed by atoms with Crippen LogP contribution >= 0.6 is 0 Å². The topological polar surface area (TPSA) is 228 Å². The zero-order valence-electron chi connectivity index (χ0n) is 27.2. The average molecular weight is 665 g/mol. The van der Waals surface area contributed by atoms with E-state index in [2.05, 4.69) is 21.3 Å². The molecule has 0 saturated carbocycles. The summed E-state index contributed by atoms with van der Waals surface area (Å²) in [5.41, 5.74) is -0.131. The van der Waals surface area contributed by atoms with Crippen LogP contribution in [0.25, 0.3) is 0 Å². The van der Waals surface area contributed by atoms with Crippen molar-refractivity contribution < 1.29 is 57.6 Å². The van der Waals surface area contributed by atoms with Crippen LogP contribution in [0.15, 0.2) is 30.3 Å². The molecule has 1 aliphatic rings. The van der Waals surface area contributed by atoms with Crippen LogP contribution in [0, 0.1) is 0 Å². The van der Waals surface area contributed by atoms with Crippen molar-refractivity contribution in [1.29, 1.82) is 0 Å². The third-order valence-electron chi connectivity index (χ3n) is 6.46. The van der Waals surface area contributed by atoms with Crippen molar-refractivity contribution in [2.24, 2.45) is 0 Å². The smallest absolute Gasteiger partial charge is 0.408 e. The maximum atomic E-state index is 13.3. The molecule has 0 spiro atoms. The standard InChI is InChI=1S/C31H44N4O12/c1-6-11-19(25(37)34-21(28(40)41)16-32-27(39)23-24(46-23)29(42)44-7-2)33-26(38)20(35-30(43)47-31(3,4)5)14-15-22(36)45-17-18-12-9-8-10-13-18/h8-10,12-13,19-21,23-24H,6-7,11,14-17H2,1-5H3,(H,32,39)(H,33,38)(H,34,37)(H,35,43)(H,40,41)/t19-,20-,21-,23?,24?/m0/s1. The van der Waals surface area contributed by atoms with Gasteiger partial charge < -0.3 is 45.3 Å². The van der Waals surface area contributed by atoms with Gasteiger partial charge in [-0.05, 0) is 46.1 Å². The highest BCUT2D eigenvalue weighted by atomic mass is 16.6. The zero-order chi connectivity index (χ0) is 35.1. The number of rotatable bonds is 18. The first-order valence-corrected chi connectivity index (χ1v) is 15.3. The quantitative estimate of drug-likeness (QED) is 0.0830. The Morgan fingerprint density at radius 1 is 0.851 bits per heavy atom. The lowest BCUT2D eigenvalue weighted by atomic mass is 10.1. The summed E-state index contributed by atoms with van der Waals surface area (Å²) >= 11 is 0. The Labute approximate surface area is 272 Å². The molecule has 0 aliphatic carbocycles. The molecule has 0 aromatic heterocycles. The maximum absolute atomic E-state index is 13.3. The summed E-state index contributed by atoms with van der Waals surface area (Å²) in [4.78, 5) is 87.3. The number of hydrogen-bond donors (Lipinski definition) is 5. The van der Waals surface area contributed by atoms with E-state index in [9.17, 15) is 38.7 Å². The molecule has 5 N–H and O–H groups in total. The van der Waals surface area contributed by atoms with E-state index in [1.54, 1.807) is 58.9 Å². The molecule has 16 heteroatoms. The van der Waals surface area contributed by atoms with E-state index in [0.717, 1.165) is 5.56 Å². The number of carbonyl (C=O) groups excluding carboxylic acids is 6. The van der Waals surface area contributed by atoms with Gasteiger partial charge in [-0.2, -0.15) is 0 Å². The van der Waals surface area contributed by atoms with E-state index in [1.165, 1.54) is 0 Å². The number of benzene rings is 1. The Balaban J connectivity index is 2.03. The van der Waals surface area contributed by atoms with Crippen LogP contribution in [0.2, 0.25) is 0 Å². The van der Waals surface area contributed by atoms with Crippen molar-refractivity contribution in [3.8, 4) is 0 Å². The van der Waals surface area contributed by atoms with Crippen molar-refractivity contribution in [2.75, 3.05) is 13.2 Å². The molecular formula is C31H44N4O12. The number of epoxide rings is 1. The van der Waals surface area contributed by atoms with E-state index in [0.29, 0.717) is 6.42 Å². The molecule has 1 aliphatic heterocycles. The second-order valence-corrected chi connectivity index (χ2v) is 11.6. The van der Waals surface area contributed by atoms with Crippen molar-refractivity contribution in [1.82, 2.24) is 21.3 Å². The largest absolute Gasteiger partial charge is 0.480 e. The van der Waals surface area contributed by atoms with Crippen LogP contribution in [0.1, 0.15) is 65.9 Å². The molecule has 260 valence electrons. The average Bonchev–Trinajstić information content (AvgIpc) is 3.81. The molecular weight excluding hydrogens is 620 g/mol. The van der Waals surface area contributed by atoms with Gasteiger partial charge in [0.05, 0.1) is 6.61 Å². The predicted molar refractivity (Wildman–Crippen MR) is 163 cm³/mol. The number of esters is 2. The zero-order valence-corrected chi connectivity index (χ0v) is 27.2. The number of aliphatic carboxylic acids is 1. The van der Waals surface area contributed by atoms with E-state index in [-0.39, 0.29) is 32.5 Å². The summed E-state index contributed by atoms with van der Waals surface area (Å²) in [5, 5.41) is 19.2. The first kappa shape index (κ1) is 38.5. The summed E-state index contributed by atoms with van der Waals surface area (Å²) in [6.07, 6.45) is -3.13. The van der Waals surface area contributed by atoms with Crippen LogP contribution in [0.4, 0.5) is 4.79 Å². The number of carbonyl (C=O) groups is 7. The Kier molecular flexibility index (Phi) is 15.1. The lowest BCUT2D eigenvalue weighted by molar-refractivity contribution is -0.146. The molecule has 5 atom stereocenters. The van der Waals surface area contributed by atoms with Crippen LogP contribution in [-0.2, 0) is 54.3 Å². The minimum Gasteiger partial charge on any atom is -0.480 e. The van der Waals surface area contributed by atoms with Gasteiger partial charge >= 0.3 is 24.0 Å². The van der Waals surface area contributed by atoms with Gasteiger partial charge in [0.15, 0.2) is 12.2 Å². The van der Waals surface area contributed by atoms with Crippen molar-refractivity contribution in [3.05, 3.63) is 35.9 Å². The van der Waals surface area contributed by atoms with Gasteiger partial charge in [-0.1, -0.05) is 43.7 Å². The summed E-state index contributed by atoms with van der Waals surface area (Å²) in [6.45, 7) is 7.76. The molecule has 2 unspecified atom stereocenters. The van der Waals surface area contributed by atoms with E-state index >= 15 is 0 Å². The highest BCUT2D eigenvalue weighted by Gasteiger charge is 2.51. The normalized spacial score (nSPS) is 17.1. The van der Waals surface area contributed by atoms with Crippen LogP contribution in [0.3, 0.4) is 0 Å². The lowest BCUT2D eigenvalue weighted by Crippen LogP contribution is -2.57. The number of hydrogen-bond acceptors (Lipinski definition) is 11. The number of nitrogens with one attached hydrogen (secondary N) is 4. The molecule has 0 radical (unpaired) electrons. The molecule has 1 fully saturated rings. The Morgan fingerprint density at radius 2 is 1.47 bits per heavy atom. The monoisotopic (exact) mass is 664 g/mol. The third-order valence-corrected chi connectivity index (χ3v) is 6.46. The number of carboxylic acid groups (broad SMARTS) is 1. The lowest BCUT2D eigenvalue weighted by Gasteiger charge is -2.26. The van der Waals surface area contributed by atoms with Crippen LogP contribution in [0.5, 0.6) is 0 Å². The number of ether oxygens (including phenoxy) is 4. The highest BCUT2D eigenvalue weighted by molar-refractivity contribution is 5.94. The van der Waals surface area contributed by atoms with Gasteiger partial charge in [-0.3, -0.25) is 19.2 Å². The van der Waals surface area contributed by atoms with Crippen LogP contribution in [-0.4, -0.2) is 95.9 Å². The minimum absolute atomic E-state index is 0.0135. The Morgan fingerprint density at radius 3 is 2.04 bits per heavy atom. The summed E-state index contributed by atoms with van der Waals surface area (Å²) in [7, 11) is 0. The summed E-state index contributed by atoms with van der Waals surface area (Å²) < 4.78 is 20.3. The highest BCUT2D eigenvalue weighted by Crippen LogP contribution is 2.23. The van der Waals surface area contributed by atoms with Gasteiger partial charge in [0, 0.05) is 13.0 Å². The molecule has 47 heavy (non-hydrogen) atoms. The van der Waals surface area contributed by atoms with Crippen molar-refractivity contribution in [3.63, 3.8) is 0 Å². The van der Waals surface area contributed by atoms with Crippen molar-refractivity contribution in [2.45, 2.75) is 103 Å². The summed E-state index contributed by atoms with van der Waals surface area (Å²) in [6, 6.07) is 4.79. The fourth-order valence-corrected chi connectivity index (χ4v) is 4.11. The van der Waals surface area contributed by atoms with Gasteiger partial charge in [-0.25, -0.2) is 14.4 Å². The minimum atomic E-state index is -1.60. The molecule has 2 rings (SSSR count). The molecule has 1 aromatic rings. The third kappa shape index (κ3) is 14.1. The molecule has 1 aromatic carbocycles. The fraction of sp³-hybridized carbons (Fsp3) is 0.581. The molecule has 0 bridgehead atoms. The van der Waals surface area contributed by atoms with Crippen LogP contribution < -0.4 is 21.3 Å². The Hall–Kier alpha value is -4.73. The first-order valence-electron chi connectivity index (χ1n) is 15.3. The maximum Gasteiger partial charge on any atom is 0.408 e. The van der Waals surface area contributed by atoms with E-state index in [1.807, 2.05) is 6.07 Å². The number of carboxylic acids is 1. The molecule has 16 nitrogen and oxygen atoms in total. The van der Waals surface area contributed by atoms with Gasteiger partial charge in [0.1, 0.15) is 30.3 Å². The molecule has 4 amide bonds. The molecule has 1 saturated heterocycles. The van der Waals surface area contributed by atoms with Gasteiger partial charge in [0.25, 0.3) is 5.91 Å². The van der Waals surface area contributed by atoms with Gasteiger partial charge in [0.2, 0.25) is 11.8 Å². The van der Waals surface area contributed by atoms with Crippen molar-refractivity contribution >= 4 is 41.7 Å². The SMILES string of the molecule is CCC[C@H](NC(=O)[C@H](CCC(=O)OCc1ccccc1)NC(=O)OC(C)(C)C)C(=O)N[C@@H](CNC(=O)C1OC1C(=O)OCC)C(=O)O. The van der Waals surface area contributed by atoms with E-state index < -0.39 is 84.2 Å². The van der Waals surface area contributed by atoms with E-state index in [4.69, 9.17) is 18.9 Å². The predicted octanol–water partition coefficient (Wildman–Crippen LogP) is 0.704. The molecule has 1 heterocycles. The number of alkyl carbamates (subject to hydrolysis) is 1. The van der Waals surface area contributed by atoms with Gasteiger partial charge in [-0.15, -0.1) is 0 Å². The summed E-state index contributed by atoms with van der Waals surface area (Å²) in [5.74, 6) is -5.28.